The number of rotatable bonds is 3. The molecule has 0 radical (unpaired) electrons. The van der Waals surface area contributed by atoms with E-state index in [1.54, 1.807) is 0 Å². The highest BCUT2D eigenvalue weighted by Gasteiger charge is 2.32. The van der Waals surface area contributed by atoms with Crippen LogP contribution in [0.4, 0.5) is 4.39 Å². The van der Waals surface area contributed by atoms with E-state index in [2.05, 4.69) is 34.7 Å². The number of hydrogen-bond donors (Lipinski definition) is 1. The summed E-state index contributed by atoms with van der Waals surface area (Å²) in [7, 11) is 0. The van der Waals surface area contributed by atoms with Crippen molar-refractivity contribution in [1.82, 2.24) is 4.90 Å². The molecule has 1 heterocycles. The summed E-state index contributed by atoms with van der Waals surface area (Å²) >= 11 is 3.29. The van der Waals surface area contributed by atoms with Crippen molar-refractivity contribution >= 4 is 15.9 Å². The van der Waals surface area contributed by atoms with Gasteiger partial charge in [-0.1, -0.05) is 35.8 Å². The topological polar surface area (TPSA) is 29.3 Å². The van der Waals surface area contributed by atoms with Crippen molar-refractivity contribution in [3.63, 3.8) is 0 Å². The molecule has 0 saturated carbocycles. The second-order valence-electron chi connectivity index (χ2n) is 5.33. The largest absolute Gasteiger partial charge is 0.329 e. The molecule has 0 aromatic heterocycles. The predicted molar refractivity (Wildman–Crippen MR) is 75.8 cm³/mol. The molecule has 18 heavy (non-hydrogen) atoms. The third-order valence-electron chi connectivity index (χ3n) is 4.00. The lowest BCUT2D eigenvalue weighted by molar-refractivity contribution is 0.235. The van der Waals surface area contributed by atoms with E-state index in [-0.39, 0.29) is 11.9 Å². The molecule has 2 rings (SSSR count). The van der Waals surface area contributed by atoms with Crippen molar-refractivity contribution in [2.75, 3.05) is 19.6 Å². The molecule has 0 bridgehead atoms. The van der Waals surface area contributed by atoms with Gasteiger partial charge in [0.05, 0.1) is 0 Å². The van der Waals surface area contributed by atoms with Crippen LogP contribution in [0.5, 0.6) is 0 Å². The number of nitrogens with zero attached hydrogens (tertiary/aromatic N) is 1. The van der Waals surface area contributed by atoms with Crippen LogP contribution in [0.15, 0.2) is 22.7 Å². The molecule has 0 spiro atoms. The van der Waals surface area contributed by atoms with Crippen LogP contribution in [0.3, 0.4) is 0 Å². The predicted octanol–water partition coefficient (Wildman–Crippen LogP) is 3.18. The highest BCUT2D eigenvalue weighted by Crippen LogP contribution is 2.32. The Bertz CT molecular complexity index is 414. The molecular weight excluding hydrogens is 295 g/mol. The minimum absolute atomic E-state index is 0.00880. The van der Waals surface area contributed by atoms with Gasteiger partial charge in [0, 0.05) is 35.7 Å². The molecule has 1 aliphatic heterocycles. The van der Waals surface area contributed by atoms with E-state index in [0.717, 1.165) is 17.6 Å². The van der Waals surface area contributed by atoms with Crippen LogP contribution < -0.4 is 5.73 Å². The molecule has 1 aromatic carbocycles. The lowest BCUT2D eigenvalue weighted by atomic mass is 10.0. The number of nitrogens with two attached hydrogens (primary N) is 1. The van der Waals surface area contributed by atoms with E-state index in [1.165, 1.54) is 6.07 Å². The zero-order valence-corrected chi connectivity index (χ0v) is 12.5. The van der Waals surface area contributed by atoms with Gasteiger partial charge in [0.2, 0.25) is 0 Å². The average molecular weight is 315 g/mol. The maximum absolute atomic E-state index is 14.0. The first-order valence-corrected chi connectivity index (χ1v) is 7.21. The summed E-state index contributed by atoms with van der Waals surface area (Å²) in [6.45, 7) is 6.95. The normalized spacial score (nSPS) is 26.5. The minimum atomic E-state index is -0.174. The molecule has 0 amide bonds. The van der Waals surface area contributed by atoms with Gasteiger partial charge in [0.15, 0.2) is 0 Å². The number of likely N-dealkylation sites (tertiary alicyclic amines) is 1. The van der Waals surface area contributed by atoms with Crippen molar-refractivity contribution in [1.29, 1.82) is 0 Å². The van der Waals surface area contributed by atoms with Crippen LogP contribution in [0.1, 0.15) is 25.5 Å². The van der Waals surface area contributed by atoms with E-state index in [9.17, 15) is 4.39 Å². The third-order valence-corrected chi connectivity index (χ3v) is 4.50. The number of benzene rings is 1. The minimum Gasteiger partial charge on any atom is -0.329 e. The molecule has 100 valence electrons. The van der Waals surface area contributed by atoms with Gasteiger partial charge in [-0.2, -0.15) is 0 Å². The Morgan fingerprint density at radius 1 is 1.39 bits per heavy atom. The summed E-state index contributed by atoms with van der Waals surface area (Å²) in [5.41, 5.74) is 6.57. The summed E-state index contributed by atoms with van der Waals surface area (Å²) in [5.74, 6) is 1.13. The molecule has 3 unspecified atom stereocenters. The van der Waals surface area contributed by atoms with Gasteiger partial charge in [0.25, 0.3) is 0 Å². The molecule has 4 heteroatoms. The fourth-order valence-electron chi connectivity index (χ4n) is 2.67. The van der Waals surface area contributed by atoms with Crippen LogP contribution >= 0.6 is 15.9 Å². The van der Waals surface area contributed by atoms with Crippen molar-refractivity contribution in [2.45, 2.75) is 19.9 Å². The lowest BCUT2D eigenvalue weighted by Crippen LogP contribution is -2.32. The first kappa shape index (κ1) is 14.0. The van der Waals surface area contributed by atoms with Gasteiger partial charge in [-0.15, -0.1) is 0 Å². The molecule has 3 atom stereocenters. The Balaban J connectivity index is 2.23. The second-order valence-corrected chi connectivity index (χ2v) is 6.24. The standard InChI is InChI=1S/C14H20BrFN2/c1-9-7-18(8-10(9)2)14(6-17)12-4-3-11(15)5-13(12)16/h3-5,9-10,14H,6-8,17H2,1-2H3. The van der Waals surface area contributed by atoms with E-state index < -0.39 is 0 Å². The van der Waals surface area contributed by atoms with E-state index in [1.807, 2.05) is 12.1 Å². The van der Waals surface area contributed by atoms with Gasteiger partial charge in [-0.25, -0.2) is 4.39 Å². The van der Waals surface area contributed by atoms with Gasteiger partial charge < -0.3 is 5.73 Å². The van der Waals surface area contributed by atoms with Gasteiger partial charge in [-0.3, -0.25) is 4.90 Å². The van der Waals surface area contributed by atoms with Crippen LogP contribution in [0.25, 0.3) is 0 Å². The summed E-state index contributed by atoms with van der Waals surface area (Å²) < 4.78 is 14.8. The molecule has 1 aliphatic rings. The Labute approximate surface area is 116 Å². The Hall–Kier alpha value is -0.450. The third kappa shape index (κ3) is 2.76. The summed E-state index contributed by atoms with van der Waals surface area (Å²) in [4.78, 5) is 2.31. The van der Waals surface area contributed by atoms with Crippen molar-refractivity contribution < 1.29 is 4.39 Å². The fourth-order valence-corrected chi connectivity index (χ4v) is 3.01. The van der Waals surface area contributed by atoms with Crippen LogP contribution in [-0.4, -0.2) is 24.5 Å². The fraction of sp³-hybridized carbons (Fsp3) is 0.571. The quantitative estimate of drug-likeness (QED) is 0.928. The molecule has 0 aliphatic carbocycles. The van der Waals surface area contributed by atoms with Gasteiger partial charge in [-0.05, 0) is 24.0 Å². The molecule has 1 fully saturated rings. The SMILES string of the molecule is CC1CN(C(CN)c2ccc(Br)cc2F)CC1C. The Morgan fingerprint density at radius 3 is 2.50 bits per heavy atom. The molecule has 1 aromatic rings. The highest BCUT2D eigenvalue weighted by molar-refractivity contribution is 9.10. The summed E-state index contributed by atoms with van der Waals surface area (Å²) in [5, 5.41) is 0. The van der Waals surface area contributed by atoms with E-state index >= 15 is 0 Å². The number of hydrogen-bond acceptors (Lipinski definition) is 2. The van der Waals surface area contributed by atoms with Crippen LogP contribution in [0.2, 0.25) is 0 Å². The van der Waals surface area contributed by atoms with E-state index in [0.29, 0.717) is 23.9 Å². The van der Waals surface area contributed by atoms with Gasteiger partial charge in [0.1, 0.15) is 5.82 Å². The van der Waals surface area contributed by atoms with Crippen molar-refractivity contribution in [3.05, 3.63) is 34.1 Å². The summed E-state index contributed by atoms with van der Waals surface area (Å²) in [6.07, 6.45) is 0. The zero-order chi connectivity index (χ0) is 13.3. The Morgan fingerprint density at radius 2 is 2.00 bits per heavy atom. The molecule has 2 nitrogen and oxygen atoms in total. The smallest absolute Gasteiger partial charge is 0.129 e. The first-order valence-electron chi connectivity index (χ1n) is 6.42. The zero-order valence-electron chi connectivity index (χ0n) is 10.9. The maximum Gasteiger partial charge on any atom is 0.129 e. The van der Waals surface area contributed by atoms with Gasteiger partial charge >= 0.3 is 0 Å². The average Bonchev–Trinajstić information content (AvgIpc) is 2.63. The Kier molecular flexibility index (Phi) is 4.41. The summed E-state index contributed by atoms with van der Waals surface area (Å²) in [6, 6.07) is 5.22. The van der Waals surface area contributed by atoms with Crippen molar-refractivity contribution in [3.8, 4) is 0 Å². The van der Waals surface area contributed by atoms with Crippen LogP contribution in [-0.2, 0) is 0 Å². The van der Waals surface area contributed by atoms with Crippen LogP contribution in [0, 0.1) is 17.7 Å². The molecular formula is C14H20BrFN2. The van der Waals surface area contributed by atoms with E-state index in [4.69, 9.17) is 5.73 Å². The molecule has 2 N–H and O–H groups in total. The monoisotopic (exact) mass is 314 g/mol. The lowest BCUT2D eigenvalue weighted by Gasteiger charge is -2.27. The second kappa shape index (κ2) is 5.68. The number of halogens is 2. The maximum atomic E-state index is 14.0. The van der Waals surface area contributed by atoms with Crippen molar-refractivity contribution in [2.24, 2.45) is 17.6 Å². The first-order chi connectivity index (χ1) is 8.52. The highest BCUT2D eigenvalue weighted by atomic mass is 79.9. The molecule has 1 saturated heterocycles.